The second-order valence-electron chi connectivity index (χ2n) is 24.2. The van der Waals surface area contributed by atoms with E-state index in [9.17, 15) is 35.1 Å². The van der Waals surface area contributed by atoms with Gasteiger partial charge in [-0.25, -0.2) is 0 Å². The van der Waals surface area contributed by atoms with Crippen LogP contribution in [0, 0.1) is 0 Å². The number of unbranched alkanes of at least 4 members (excludes halogenated alkanes) is 30. The second-order valence-corrected chi connectivity index (χ2v) is 24.2. The average molecular weight is 1220 g/mol. The largest absolute Gasteiger partial charge is 0.454 e. The van der Waals surface area contributed by atoms with Gasteiger partial charge in [-0.05, 0) is 109 Å². The fourth-order valence-electron chi connectivity index (χ4n) is 10.6. The highest BCUT2D eigenvalue weighted by Crippen LogP contribution is 2.26. The first kappa shape index (κ1) is 81.3. The number of esters is 1. The van der Waals surface area contributed by atoms with Crippen molar-refractivity contribution < 1.29 is 49.3 Å². The summed E-state index contributed by atoms with van der Waals surface area (Å²) in [4.78, 5) is 26.7. The van der Waals surface area contributed by atoms with Gasteiger partial charge < -0.3 is 45.1 Å². The number of rotatable bonds is 60. The van der Waals surface area contributed by atoms with Gasteiger partial charge in [-0.15, -0.1) is 0 Å². The topological polar surface area (TPSA) is 175 Å². The average Bonchev–Trinajstić information content (AvgIpc) is 2.32. The molecule has 0 spiro atoms. The molecule has 1 rings (SSSR count). The number of aliphatic hydroxyl groups excluding tert-OH is 5. The Morgan fingerprint density at radius 2 is 0.828 bits per heavy atom. The van der Waals surface area contributed by atoms with Crippen LogP contribution in [0.3, 0.4) is 0 Å². The van der Waals surface area contributed by atoms with Crippen LogP contribution in [-0.2, 0) is 23.8 Å². The van der Waals surface area contributed by atoms with Gasteiger partial charge in [0.2, 0.25) is 5.91 Å². The number of hydrogen-bond acceptors (Lipinski definition) is 10. The van der Waals surface area contributed by atoms with E-state index in [0.29, 0.717) is 12.8 Å². The fraction of sp³-hybridized carbons (Fsp3) is 0.737. The van der Waals surface area contributed by atoms with E-state index < -0.39 is 67.4 Å². The van der Waals surface area contributed by atoms with Crippen molar-refractivity contribution in [3.8, 4) is 0 Å². The first-order valence-electron chi connectivity index (χ1n) is 35.7. The molecule has 500 valence electrons. The molecule has 8 atom stereocenters. The molecule has 11 nitrogen and oxygen atoms in total. The van der Waals surface area contributed by atoms with Gasteiger partial charge in [0.1, 0.15) is 24.4 Å². The SMILES string of the molecule is CC/C=C\C/C=C\C/C=C\C/C=C\C/C=C\C/C=C\CCCCC(=O)OC1C(OCC(NC(=O)C(O)CCCCCCCCCCCCCCCC/C=C\C/C=C\CCCCC)C(O)/C=C/CCCCCCCCCCCCC)OC(CO)C(O)C1O. The Labute approximate surface area is 532 Å². The molecule has 6 N–H and O–H groups in total. The summed E-state index contributed by atoms with van der Waals surface area (Å²) in [6.07, 6.45) is 75.5. The molecule has 0 bridgehead atoms. The zero-order valence-electron chi connectivity index (χ0n) is 55.6. The highest BCUT2D eigenvalue weighted by molar-refractivity contribution is 5.80. The first-order chi connectivity index (χ1) is 42.7. The second kappa shape index (κ2) is 62.5. The normalized spacial score (nSPS) is 18.9. The van der Waals surface area contributed by atoms with E-state index in [0.717, 1.165) is 96.3 Å². The van der Waals surface area contributed by atoms with Crippen LogP contribution in [0.15, 0.2) is 109 Å². The van der Waals surface area contributed by atoms with Gasteiger partial charge in [0.15, 0.2) is 12.4 Å². The number of aliphatic hydroxyl groups is 5. The van der Waals surface area contributed by atoms with Crippen molar-refractivity contribution in [1.29, 1.82) is 0 Å². The van der Waals surface area contributed by atoms with Crippen LogP contribution in [0.4, 0.5) is 0 Å². The molecule has 0 aromatic rings. The standard InChI is InChI=1S/C76H131NO10/c1-4-7-10-13-16-19-22-25-27-29-31-33-34-35-37-38-40-42-45-48-51-54-57-60-63-69(80)75(84)77-67(68(79)62-59-56-53-50-47-44-24-21-18-15-12-9-6-3)66-85-76-74(73(83)72(82)70(65-78)86-76)87-71(81)64-61-58-55-52-49-46-43-41-39-36-32-30-28-26-23-20-17-14-11-8-5-2/h8,11,16-17,19-20,25-28,32,36,41,43,49,52,59,62,67-70,72-74,76,78-80,82-83H,4-7,9-10,12-15,18,21-24,29-31,33-35,37-40,42,44-48,50-51,53-58,60-61,63-66H2,1-3H3,(H,77,84)/b11-8-,19-16-,20-17-,27-25-,28-26-,36-32-,43-41-,52-49-,62-59+. The van der Waals surface area contributed by atoms with Crippen molar-refractivity contribution >= 4 is 11.9 Å². The monoisotopic (exact) mass is 1220 g/mol. The molecule has 1 heterocycles. The van der Waals surface area contributed by atoms with E-state index in [4.69, 9.17) is 14.2 Å². The van der Waals surface area contributed by atoms with Gasteiger partial charge in [-0.3, -0.25) is 9.59 Å². The molecule has 0 saturated carbocycles. The fourth-order valence-corrected chi connectivity index (χ4v) is 10.6. The maximum absolute atomic E-state index is 13.5. The van der Waals surface area contributed by atoms with Gasteiger partial charge in [0.05, 0.1) is 25.4 Å². The number of carbonyl (C=O) groups excluding carboxylic acids is 2. The number of allylic oxidation sites excluding steroid dienone is 17. The Morgan fingerprint density at radius 3 is 1.26 bits per heavy atom. The van der Waals surface area contributed by atoms with E-state index in [1.165, 1.54) is 154 Å². The van der Waals surface area contributed by atoms with Crippen molar-refractivity contribution in [2.45, 2.75) is 346 Å². The van der Waals surface area contributed by atoms with E-state index >= 15 is 0 Å². The van der Waals surface area contributed by atoms with Gasteiger partial charge in [0, 0.05) is 6.42 Å². The summed E-state index contributed by atoms with van der Waals surface area (Å²) < 4.78 is 17.7. The van der Waals surface area contributed by atoms with E-state index in [2.05, 4.69) is 123 Å². The van der Waals surface area contributed by atoms with E-state index in [1.807, 2.05) is 6.08 Å². The lowest BCUT2D eigenvalue weighted by Crippen LogP contribution is -2.61. The quantitative estimate of drug-likeness (QED) is 0.0195. The molecular weight excluding hydrogens is 1090 g/mol. The summed E-state index contributed by atoms with van der Waals surface area (Å²) in [6.45, 7) is 5.65. The minimum absolute atomic E-state index is 0.0641. The lowest BCUT2D eigenvalue weighted by atomic mass is 9.99. The maximum Gasteiger partial charge on any atom is 0.306 e. The summed E-state index contributed by atoms with van der Waals surface area (Å²) in [6, 6.07) is -1.04. The number of ether oxygens (including phenoxy) is 3. The van der Waals surface area contributed by atoms with E-state index in [-0.39, 0.29) is 19.4 Å². The molecule has 1 aliphatic heterocycles. The smallest absolute Gasteiger partial charge is 0.306 e. The van der Waals surface area contributed by atoms with Crippen LogP contribution in [-0.4, -0.2) is 99.6 Å². The maximum atomic E-state index is 13.5. The molecule has 0 radical (unpaired) electrons. The third-order valence-corrected chi connectivity index (χ3v) is 16.2. The lowest BCUT2D eigenvalue weighted by molar-refractivity contribution is -0.305. The number of carbonyl (C=O) groups is 2. The molecule has 11 heteroatoms. The number of nitrogens with one attached hydrogen (secondary N) is 1. The molecule has 0 aromatic heterocycles. The minimum atomic E-state index is -1.64. The molecule has 1 fully saturated rings. The minimum Gasteiger partial charge on any atom is -0.454 e. The Morgan fingerprint density at radius 1 is 0.460 bits per heavy atom. The van der Waals surface area contributed by atoms with Crippen molar-refractivity contribution in [3.05, 3.63) is 109 Å². The highest BCUT2D eigenvalue weighted by atomic mass is 16.7. The Kier molecular flexibility index (Phi) is 58.4. The molecular formula is C76H131NO10. The molecule has 1 saturated heterocycles. The lowest BCUT2D eigenvalue weighted by Gasteiger charge is -2.41. The molecule has 0 aliphatic carbocycles. The zero-order valence-corrected chi connectivity index (χ0v) is 55.6. The summed E-state index contributed by atoms with van der Waals surface area (Å²) >= 11 is 0. The van der Waals surface area contributed by atoms with Gasteiger partial charge in [0.25, 0.3) is 0 Å². The number of amides is 1. The van der Waals surface area contributed by atoms with E-state index in [1.54, 1.807) is 6.08 Å². The van der Waals surface area contributed by atoms with Gasteiger partial charge in [-0.1, -0.05) is 291 Å². The molecule has 0 aromatic carbocycles. The van der Waals surface area contributed by atoms with Gasteiger partial charge >= 0.3 is 5.97 Å². The number of hydrogen-bond donors (Lipinski definition) is 6. The molecule has 8 unspecified atom stereocenters. The predicted molar refractivity (Wildman–Crippen MR) is 365 cm³/mol. The Bertz CT molecular complexity index is 1830. The zero-order chi connectivity index (χ0) is 63.1. The Hall–Kier alpha value is -3.68. The van der Waals surface area contributed by atoms with Crippen LogP contribution < -0.4 is 5.32 Å². The van der Waals surface area contributed by atoms with Crippen molar-refractivity contribution in [3.63, 3.8) is 0 Å². The summed E-state index contributed by atoms with van der Waals surface area (Å²) in [5, 5.41) is 57.3. The third-order valence-electron chi connectivity index (χ3n) is 16.2. The highest BCUT2D eigenvalue weighted by Gasteiger charge is 2.47. The summed E-state index contributed by atoms with van der Waals surface area (Å²) in [5.74, 6) is -1.24. The van der Waals surface area contributed by atoms with Crippen LogP contribution in [0.5, 0.6) is 0 Å². The first-order valence-corrected chi connectivity index (χ1v) is 35.7. The van der Waals surface area contributed by atoms with Crippen molar-refractivity contribution in [2.24, 2.45) is 0 Å². The summed E-state index contributed by atoms with van der Waals surface area (Å²) in [7, 11) is 0. The van der Waals surface area contributed by atoms with Crippen LogP contribution in [0.2, 0.25) is 0 Å². The van der Waals surface area contributed by atoms with Gasteiger partial charge in [-0.2, -0.15) is 0 Å². The van der Waals surface area contributed by atoms with Crippen molar-refractivity contribution in [2.75, 3.05) is 13.2 Å². The summed E-state index contributed by atoms with van der Waals surface area (Å²) in [5.41, 5.74) is 0. The van der Waals surface area contributed by atoms with Crippen LogP contribution in [0.25, 0.3) is 0 Å². The third kappa shape index (κ3) is 49.7. The van der Waals surface area contributed by atoms with Crippen LogP contribution in [0.1, 0.15) is 297 Å². The Balaban J connectivity index is 2.62. The predicted octanol–water partition coefficient (Wildman–Crippen LogP) is 18.4. The molecule has 87 heavy (non-hydrogen) atoms. The molecule has 1 amide bonds. The molecule has 1 aliphatic rings. The van der Waals surface area contributed by atoms with Crippen molar-refractivity contribution in [1.82, 2.24) is 5.32 Å². The van der Waals surface area contributed by atoms with Crippen LogP contribution >= 0.6 is 0 Å².